The minimum Gasteiger partial charge on any atom is -0.427 e. The van der Waals surface area contributed by atoms with Gasteiger partial charge >= 0.3 is 7.48 Å². The molecular formula is C41H41BO2. The monoisotopic (exact) mass is 576 g/mol. The van der Waals surface area contributed by atoms with Gasteiger partial charge in [-0.3, -0.25) is 0 Å². The Morgan fingerprint density at radius 2 is 1.75 bits per heavy atom. The Balaban J connectivity index is 1.25. The summed E-state index contributed by atoms with van der Waals surface area (Å²) >= 11 is 0. The van der Waals surface area contributed by atoms with E-state index in [-0.39, 0.29) is 5.41 Å². The molecule has 1 spiro atoms. The van der Waals surface area contributed by atoms with Crippen LogP contribution in [-0.2, 0) is 10.1 Å². The summed E-state index contributed by atoms with van der Waals surface area (Å²) in [5.41, 5.74) is 14.8. The zero-order chi connectivity index (χ0) is 30.0. The summed E-state index contributed by atoms with van der Waals surface area (Å²) in [7, 11) is 0.551. The van der Waals surface area contributed by atoms with Crippen molar-refractivity contribution in [2.45, 2.75) is 75.9 Å². The van der Waals surface area contributed by atoms with Crippen LogP contribution in [0.25, 0.3) is 11.1 Å². The smallest absolute Gasteiger partial charge is 0.305 e. The molecule has 0 saturated carbocycles. The molecule has 220 valence electrons. The summed E-state index contributed by atoms with van der Waals surface area (Å²) < 4.78 is 6.59. The molecule has 0 fully saturated rings. The van der Waals surface area contributed by atoms with Gasteiger partial charge in [-0.1, -0.05) is 102 Å². The van der Waals surface area contributed by atoms with Gasteiger partial charge in [0, 0.05) is 23.2 Å². The molecule has 5 unspecified atom stereocenters. The van der Waals surface area contributed by atoms with Crippen LogP contribution in [0.5, 0.6) is 0 Å². The number of hydrogen-bond donors (Lipinski definition) is 1. The third kappa shape index (κ3) is 3.30. The van der Waals surface area contributed by atoms with Crippen molar-refractivity contribution < 1.29 is 9.76 Å². The fourth-order valence-corrected chi connectivity index (χ4v) is 9.99. The Morgan fingerprint density at radius 1 is 0.955 bits per heavy atom. The highest BCUT2D eigenvalue weighted by Gasteiger charge is 2.63. The maximum absolute atomic E-state index is 10.9. The Bertz CT molecular complexity index is 1850. The third-order valence-electron chi connectivity index (χ3n) is 12.5. The average molecular weight is 577 g/mol. The van der Waals surface area contributed by atoms with Crippen LogP contribution in [0.3, 0.4) is 0 Å². The predicted molar refractivity (Wildman–Crippen MR) is 181 cm³/mol. The largest absolute Gasteiger partial charge is 0.427 e. The molecule has 0 radical (unpaired) electrons. The van der Waals surface area contributed by atoms with Crippen molar-refractivity contribution in [1.82, 2.24) is 0 Å². The first-order valence-electron chi connectivity index (χ1n) is 16.7. The van der Waals surface area contributed by atoms with Crippen LogP contribution in [0, 0.1) is 17.8 Å². The first-order valence-corrected chi connectivity index (χ1v) is 16.7. The molecule has 0 aromatic heterocycles. The van der Waals surface area contributed by atoms with E-state index in [4.69, 9.17) is 4.65 Å². The van der Waals surface area contributed by atoms with Gasteiger partial charge < -0.3 is 9.76 Å². The van der Waals surface area contributed by atoms with E-state index in [0.717, 1.165) is 19.3 Å². The van der Waals surface area contributed by atoms with Gasteiger partial charge in [-0.25, -0.2) is 0 Å². The van der Waals surface area contributed by atoms with Gasteiger partial charge in [0.1, 0.15) is 0 Å². The normalized spacial score (nSPS) is 30.7. The molecule has 2 aromatic rings. The maximum atomic E-state index is 10.9. The molecule has 44 heavy (non-hydrogen) atoms. The van der Waals surface area contributed by atoms with E-state index in [1.807, 2.05) is 27.7 Å². The van der Waals surface area contributed by atoms with Crippen LogP contribution in [0.4, 0.5) is 0 Å². The van der Waals surface area contributed by atoms with Crippen molar-refractivity contribution in [1.29, 1.82) is 0 Å². The average Bonchev–Trinajstić information content (AvgIpc) is 3.63. The summed E-state index contributed by atoms with van der Waals surface area (Å²) in [6.07, 6.45) is 21.8. The molecule has 5 atom stereocenters. The van der Waals surface area contributed by atoms with Crippen molar-refractivity contribution in [2.75, 3.05) is 0 Å². The van der Waals surface area contributed by atoms with Gasteiger partial charge in [0.05, 0.1) is 11.2 Å². The van der Waals surface area contributed by atoms with Crippen LogP contribution in [-0.4, -0.2) is 23.8 Å². The van der Waals surface area contributed by atoms with E-state index in [9.17, 15) is 5.11 Å². The molecule has 2 nitrogen and oxygen atoms in total. The van der Waals surface area contributed by atoms with E-state index in [0.29, 0.717) is 31.2 Å². The highest BCUT2D eigenvalue weighted by molar-refractivity contribution is 6.39. The molecule has 0 bridgehead atoms. The lowest BCUT2D eigenvalue weighted by atomic mass is 9.57. The first kappa shape index (κ1) is 27.0. The van der Waals surface area contributed by atoms with Crippen LogP contribution in [0.15, 0.2) is 119 Å². The maximum Gasteiger partial charge on any atom is 0.305 e. The van der Waals surface area contributed by atoms with Crippen LogP contribution in [0.2, 0.25) is 0 Å². The SMILES string of the molecule is CC(C)(O)C(C)(C)OBC1=CCCC2C1c1ccccc1C21C2=CC3=C4C(=CC=CC4C2C2=C1C=CCC2)c1ccccc13. The highest BCUT2D eigenvalue weighted by Crippen LogP contribution is 2.72. The standard InChI is InChI=1S/C41H41BO2/c1-39(2,43)40(3,4)44-42-35-22-12-21-33-38(35)28-16-8-10-20-32(28)41(33)31-19-9-7-15-27(31)37-29-18-11-17-26-24-13-5-6-14-25(24)30(36(26)29)23-34(37)41/h5-6,8-11,13-14,16-20,22-23,29,33,37-38,42-43H,7,12,15,21H2,1-4H3. The summed E-state index contributed by atoms with van der Waals surface area (Å²) in [5.74, 6) is 1.55. The fraction of sp³-hybridized carbons (Fsp3) is 0.366. The molecule has 0 saturated heterocycles. The topological polar surface area (TPSA) is 29.5 Å². The molecule has 0 aliphatic heterocycles. The lowest BCUT2D eigenvalue weighted by molar-refractivity contribution is -0.0898. The van der Waals surface area contributed by atoms with Gasteiger partial charge in [-0.05, 0) is 109 Å². The summed E-state index contributed by atoms with van der Waals surface area (Å²) in [6.45, 7) is 7.74. The second-order valence-corrected chi connectivity index (χ2v) is 15.0. The zero-order valence-electron chi connectivity index (χ0n) is 26.4. The number of aliphatic hydroxyl groups is 1. The summed E-state index contributed by atoms with van der Waals surface area (Å²) in [5, 5.41) is 10.9. The Morgan fingerprint density at radius 3 is 2.59 bits per heavy atom. The number of fused-ring (bicyclic) bond motifs is 13. The Hall–Kier alpha value is -3.40. The second kappa shape index (κ2) is 9.08. The Labute approximate surface area is 262 Å². The van der Waals surface area contributed by atoms with E-state index in [1.165, 1.54) is 45.3 Å². The van der Waals surface area contributed by atoms with Gasteiger partial charge in [0.25, 0.3) is 0 Å². The first-order chi connectivity index (χ1) is 21.2. The predicted octanol–water partition coefficient (Wildman–Crippen LogP) is 8.49. The minimum atomic E-state index is -0.932. The number of rotatable bonds is 4. The molecular weight excluding hydrogens is 535 g/mol. The second-order valence-electron chi connectivity index (χ2n) is 15.0. The van der Waals surface area contributed by atoms with Crippen molar-refractivity contribution in [3.63, 3.8) is 0 Å². The van der Waals surface area contributed by atoms with E-state index < -0.39 is 11.2 Å². The molecule has 9 rings (SSSR count). The van der Waals surface area contributed by atoms with Crippen molar-refractivity contribution in [2.24, 2.45) is 17.8 Å². The molecule has 3 heteroatoms. The van der Waals surface area contributed by atoms with Gasteiger partial charge in [-0.15, -0.1) is 0 Å². The highest BCUT2D eigenvalue weighted by atomic mass is 16.5. The molecule has 0 amide bonds. The lowest BCUT2D eigenvalue weighted by Gasteiger charge is -2.44. The van der Waals surface area contributed by atoms with Crippen LogP contribution >= 0.6 is 0 Å². The quantitative estimate of drug-likeness (QED) is 0.370. The van der Waals surface area contributed by atoms with Crippen molar-refractivity contribution in [3.8, 4) is 0 Å². The van der Waals surface area contributed by atoms with E-state index in [2.05, 4.69) is 91.1 Å². The number of allylic oxidation sites excluding steroid dienone is 14. The van der Waals surface area contributed by atoms with Crippen molar-refractivity contribution in [3.05, 3.63) is 141 Å². The van der Waals surface area contributed by atoms with Crippen LogP contribution < -0.4 is 0 Å². The lowest BCUT2D eigenvalue weighted by Crippen LogP contribution is -2.48. The summed E-state index contributed by atoms with van der Waals surface area (Å²) in [4.78, 5) is 0. The molecule has 7 aliphatic carbocycles. The molecule has 7 aliphatic rings. The fourth-order valence-electron chi connectivity index (χ4n) is 9.99. The Kier molecular flexibility index (Phi) is 5.57. The van der Waals surface area contributed by atoms with E-state index in [1.54, 1.807) is 22.3 Å². The number of benzene rings is 2. The molecule has 2 aromatic carbocycles. The van der Waals surface area contributed by atoms with Gasteiger partial charge in [0.15, 0.2) is 0 Å². The van der Waals surface area contributed by atoms with Crippen LogP contribution in [0.1, 0.15) is 81.5 Å². The van der Waals surface area contributed by atoms with Crippen molar-refractivity contribution >= 4 is 18.6 Å². The molecule has 0 heterocycles. The zero-order valence-corrected chi connectivity index (χ0v) is 26.4. The number of hydrogen-bond acceptors (Lipinski definition) is 2. The van der Waals surface area contributed by atoms with Gasteiger partial charge in [0.2, 0.25) is 0 Å². The van der Waals surface area contributed by atoms with Gasteiger partial charge in [-0.2, -0.15) is 0 Å². The molecule has 1 N–H and O–H groups in total. The summed E-state index contributed by atoms with van der Waals surface area (Å²) in [6, 6.07) is 18.4. The minimum absolute atomic E-state index is 0.130. The van der Waals surface area contributed by atoms with E-state index >= 15 is 0 Å². The third-order valence-corrected chi connectivity index (χ3v) is 12.5.